The second kappa shape index (κ2) is 7.38. The summed E-state index contributed by atoms with van der Waals surface area (Å²) in [5.74, 6) is -0.517. The molecule has 136 valence electrons. The van der Waals surface area contributed by atoms with Crippen molar-refractivity contribution in [3.05, 3.63) is 68.2 Å². The fourth-order valence-electron chi connectivity index (χ4n) is 2.82. The van der Waals surface area contributed by atoms with Crippen molar-refractivity contribution in [2.45, 2.75) is 20.0 Å². The van der Waals surface area contributed by atoms with Crippen LogP contribution in [0.5, 0.6) is 0 Å². The van der Waals surface area contributed by atoms with Crippen LogP contribution in [0.1, 0.15) is 11.1 Å². The van der Waals surface area contributed by atoms with Gasteiger partial charge in [-0.3, -0.25) is 24.3 Å². The summed E-state index contributed by atoms with van der Waals surface area (Å²) in [5.41, 5.74) is 1.26. The van der Waals surface area contributed by atoms with E-state index < -0.39 is 11.1 Å². The van der Waals surface area contributed by atoms with Crippen molar-refractivity contribution < 1.29 is 9.59 Å². The number of piperazine rings is 1. The fraction of sp³-hybridized carbons (Fsp3) is 0.333. The van der Waals surface area contributed by atoms with Gasteiger partial charge in [-0.05, 0) is 12.5 Å². The van der Waals surface area contributed by atoms with Crippen LogP contribution < -0.4 is 11.1 Å². The standard InChI is InChI=1S/C18H20N4O4/c1-13-2-4-14(5-3-13)10-20-8-9-21(11-17(20)25)18(26)12-22-16(24)7-6-15(23)19-22/h2-7H,8-12H2,1H3,(H,19,23). The van der Waals surface area contributed by atoms with Gasteiger partial charge < -0.3 is 9.80 Å². The lowest BCUT2D eigenvalue weighted by molar-refractivity contribution is -0.146. The highest BCUT2D eigenvalue weighted by Gasteiger charge is 2.27. The monoisotopic (exact) mass is 356 g/mol. The predicted octanol–water partition coefficient (Wildman–Crippen LogP) is -0.284. The minimum Gasteiger partial charge on any atom is -0.335 e. The smallest absolute Gasteiger partial charge is 0.265 e. The molecule has 8 nitrogen and oxygen atoms in total. The number of nitrogens with zero attached hydrogens (tertiary/aromatic N) is 3. The first-order chi connectivity index (χ1) is 12.4. The number of carbonyl (C=O) groups excluding carboxylic acids is 2. The average molecular weight is 356 g/mol. The number of hydrogen-bond acceptors (Lipinski definition) is 4. The van der Waals surface area contributed by atoms with Gasteiger partial charge in [0.2, 0.25) is 11.8 Å². The normalized spacial score (nSPS) is 14.6. The molecule has 1 N–H and O–H groups in total. The van der Waals surface area contributed by atoms with Crippen LogP contribution in [-0.2, 0) is 22.7 Å². The Morgan fingerprint density at radius 1 is 1.04 bits per heavy atom. The molecule has 2 heterocycles. The van der Waals surface area contributed by atoms with Gasteiger partial charge in [-0.2, -0.15) is 0 Å². The van der Waals surface area contributed by atoms with Crippen molar-refractivity contribution in [2.24, 2.45) is 0 Å². The Morgan fingerprint density at radius 2 is 1.77 bits per heavy atom. The van der Waals surface area contributed by atoms with Gasteiger partial charge in [-0.25, -0.2) is 4.68 Å². The molecule has 1 aromatic heterocycles. The van der Waals surface area contributed by atoms with E-state index in [1.54, 1.807) is 4.90 Å². The zero-order valence-electron chi connectivity index (χ0n) is 14.5. The van der Waals surface area contributed by atoms with Crippen LogP contribution in [0.15, 0.2) is 46.0 Å². The van der Waals surface area contributed by atoms with Gasteiger partial charge >= 0.3 is 0 Å². The molecule has 0 radical (unpaired) electrons. The van der Waals surface area contributed by atoms with E-state index >= 15 is 0 Å². The van der Waals surface area contributed by atoms with Gasteiger partial charge in [-0.1, -0.05) is 29.8 Å². The van der Waals surface area contributed by atoms with Crippen LogP contribution in [0.4, 0.5) is 0 Å². The molecule has 2 aromatic rings. The van der Waals surface area contributed by atoms with E-state index in [4.69, 9.17) is 0 Å². The number of rotatable bonds is 4. The molecule has 2 amide bonds. The van der Waals surface area contributed by atoms with E-state index in [1.165, 1.54) is 4.90 Å². The third kappa shape index (κ3) is 4.08. The highest BCUT2D eigenvalue weighted by atomic mass is 16.2. The first-order valence-electron chi connectivity index (χ1n) is 8.33. The highest BCUT2D eigenvalue weighted by Crippen LogP contribution is 2.11. The van der Waals surface area contributed by atoms with Crippen LogP contribution in [0.2, 0.25) is 0 Å². The largest absolute Gasteiger partial charge is 0.335 e. The summed E-state index contributed by atoms with van der Waals surface area (Å²) < 4.78 is 0.952. The molecular weight excluding hydrogens is 336 g/mol. The van der Waals surface area contributed by atoms with Gasteiger partial charge in [0.05, 0.1) is 6.54 Å². The number of carbonyl (C=O) groups is 2. The second-order valence-corrected chi connectivity index (χ2v) is 6.35. The molecule has 1 saturated heterocycles. The maximum absolute atomic E-state index is 12.4. The molecule has 1 aromatic carbocycles. The lowest BCUT2D eigenvalue weighted by Gasteiger charge is -2.34. The number of nitrogens with one attached hydrogen (secondary N) is 1. The number of hydrogen-bond donors (Lipinski definition) is 1. The Morgan fingerprint density at radius 3 is 2.46 bits per heavy atom. The summed E-state index contributed by atoms with van der Waals surface area (Å²) in [6.45, 7) is 3.01. The summed E-state index contributed by atoms with van der Waals surface area (Å²) in [7, 11) is 0. The maximum Gasteiger partial charge on any atom is 0.265 e. The molecule has 0 bridgehead atoms. The summed E-state index contributed by atoms with van der Waals surface area (Å²) >= 11 is 0. The number of aromatic amines is 1. The molecule has 26 heavy (non-hydrogen) atoms. The van der Waals surface area contributed by atoms with Crippen molar-refractivity contribution in [3.63, 3.8) is 0 Å². The number of benzene rings is 1. The van der Waals surface area contributed by atoms with E-state index in [2.05, 4.69) is 5.10 Å². The minimum atomic E-state index is -0.470. The number of aromatic nitrogens is 2. The van der Waals surface area contributed by atoms with Crippen molar-refractivity contribution in [3.8, 4) is 0 Å². The van der Waals surface area contributed by atoms with Crippen LogP contribution in [-0.4, -0.2) is 51.0 Å². The van der Waals surface area contributed by atoms with Crippen molar-refractivity contribution >= 4 is 11.8 Å². The molecular formula is C18H20N4O4. The Hall–Kier alpha value is -3.16. The van der Waals surface area contributed by atoms with E-state index in [0.717, 1.165) is 27.9 Å². The first-order valence-corrected chi connectivity index (χ1v) is 8.33. The maximum atomic E-state index is 12.4. The molecule has 0 aliphatic carbocycles. The second-order valence-electron chi connectivity index (χ2n) is 6.35. The quantitative estimate of drug-likeness (QED) is 0.815. The first kappa shape index (κ1) is 17.7. The number of H-pyrrole nitrogens is 1. The third-order valence-corrected chi connectivity index (χ3v) is 4.35. The lowest BCUT2D eigenvalue weighted by atomic mass is 10.1. The van der Waals surface area contributed by atoms with Crippen molar-refractivity contribution in [1.29, 1.82) is 0 Å². The Bertz CT molecular complexity index is 929. The summed E-state index contributed by atoms with van der Waals surface area (Å²) in [6, 6.07) is 10.2. The number of aryl methyl sites for hydroxylation is 1. The molecule has 1 aliphatic rings. The zero-order chi connectivity index (χ0) is 18.7. The van der Waals surface area contributed by atoms with Crippen molar-refractivity contribution in [2.75, 3.05) is 19.6 Å². The van der Waals surface area contributed by atoms with Gasteiger partial charge in [0.25, 0.3) is 11.1 Å². The van der Waals surface area contributed by atoms with Gasteiger partial charge in [-0.15, -0.1) is 0 Å². The molecule has 0 unspecified atom stereocenters. The minimum absolute atomic E-state index is 0.0312. The van der Waals surface area contributed by atoms with E-state index in [0.29, 0.717) is 19.6 Å². The van der Waals surface area contributed by atoms with Gasteiger partial charge in [0.1, 0.15) is 6.54 Å². The summed E-state index contributed by atoms with van der Waals surface area (Å²) in [5, 5.41) is 2.31. The van der Waals surface area contributed by atoms with Gasteiger partial charge in [0, 0.05) is 31.8 Å². The van der Waals surface area contributed by atoms with E-state index in [-0.39, 0.29) is 24.9 Å². The Balaban J connectivity index is 1.61. The molecule has 0 spiro atoms. The zero-order valence-corrected chi connectivity index (χ0v) is 14.5. The third-order valence-electron chi connectivity index (χ3n) is 4.35. The topological polar surface area (TPSA) is 95.5 Å². The highest BCUT2D eigenvalue weighted by molar-refractivity contribution is 5.85. The SMILES string of the molecule is Cc1ccc(CN2CCN(C(=O)Cn3[nH]c(=O)ccc3=O)CC2=O)cc1. The fourth-order valence-corrected chi connectivity index (χ4v) is 2.82. The van der Waals surface area contributed by atoms with E-state index in [9.17, 15) is 19.2 Å². The molecule has 8 heteroatoms. The van der Waals surface area contributed by atoms with E-state index in [1.807, 2.05) is 31.2 Å². The Labute approximate surface area is 149 Å². The average Bonchev–Trinajstić information content (AvgIpc) is 2.61. The molecule has 3 rings (SSSR count). The number of amides is 2. The molecule has 0 atom stereocenters. The van der Waals surface area contributed by atoms with Crippen LogP contribution in [0, 0.1) is 6.92 Å². The molecule has 0 saturated carbocycles. The van der Waals surface area contributed by atoms with Gasteiger partial charge in [0.15, 0.2) is 0 Å². The Kier molecular flexibility index (Phi) is 5.01. The van der Waals surface area contributed by atoms with Crippen LogP contribution in [0.25, 0.3) is 0 Å². The molecule has 1 aliphatic heterocycles. The summed E-state index contributed by atoms with van der Waals surface area (Å²) in [6.07, 6.45) is 0. The van der Waals surface area contributed by atoms with Crippen molar-refractivity contribution in [1.82, 2.24) is 19.6 Å². The predicted molar refractivity (Wildman–Crippen MR) is 94.5 cm³/mol. The lowest BCUT2D eigenvalue weighted by Crippen LogP contribution is -2.53. The van der Waals surface area contributed by atoms with Crippen LogP contribution in [0.3, 0.4) is 0 Å². The molecule has 1 fully saturated rings. The summed E-state index contributed by atoms with van der Waals surface area (Å²) in [4.78, 5) is 50.8. The van der Waals surface area contributed by atoms with Crippen LogP contribution >= 0.6 is 0 Å².